The molecule has 2 rings (SSSR count). The Morgan fingerprint density at radius 2 is 2.05 bits per heavy atom. The second-order valence-electron chi connectivity index (χ2n) is 4.87. The highest BCUT2D eigenvalue weighted by Gasteiger charge is 2.10. The number of hydrogen-bond donors (Lipinski definition) is 2. The van der Waals surface area contributed by atoms with Crippen LogP contribution in [0.3, 0.4) is 0 Å². The lowest BCUT2D eigenvalue weighted by Crippen LogP contribution is -2.23. The standard InChI is InChI=1S/C17H17N3O/c1-12-8-15(13(2)20-12)9-16(10-18)17(21)19-11-14-6-4-3-5-7-14/h3-9,20H,11H2,1-2H3,(H,19,21)/b16-9+. The van der Waals surface area contributed by atoms with Crippen LogP contribution < -0.4 is 5.32 Å². The third-order valence-electron chi connectivity index (χ3n) is 3.15. The minimum atomic E-state index is -0.361. The van der Waals surface area contributed by atoms with Crippen molar-refractivity contribution in [1.82, 2.24) is 10.3 Å². The molecular weight excluding hydrogens is 262 g/mol. The van der Waals surface area contributed by atoms with Crippen LogP contribution in [-0.2, 0) is 11.3 Å². The number of hydrogen-bond acceptors (Lipinski definition) is 2. The van der Waals surface area contributed by atoms with Gasteiger partial charge in [0.05, 0.1) is 0 Å². The maximum Gasteiger partial charge on any atom is 0.262 e. The van der Waals surface area contributed by atoms with E-state index in [1.165, 1.54) is 0 Å². The molecule has 0 aliphatic heterocycles. The van der Waals surface area contributed by atoms with E-state index in [9.17, 15) is 4.79 Å². The monoisotopic (exact) mass is 279 g/mol. The lowest BCUT2D eigenvalue weighted by molar-refractivity contribution is -0.117. The van der Waals surface area contributed by atoms with Crippen LogP contribution >= 0.6 is 0 Å². The molecule has 0 unspecified atom stereocenters. The average molecular weight is 279 g/mol. The molecule has 1 aromatic carbocycles. The molecular formula is C17H17N3O. The molecule has 0 aliphatic rings. The topological polar surface area (TPSA) is 68.7 Å². The summed E-state index contributed by atoms with van der Waals surface area (Å²) in [6.07, 6.45) is 1.61. The smallest absolute Gasteiger partial charge is 0.262 e. The molecule has 21 heavy (non-hydrogen) atoms. The highest BCUT2D eigenvalue weighted by molar-refractivity contribution is 6.01. The number of benzene rings is 1. The molecule has 2 aromatic rings. The second kappa shape index (κ2) is 6.58. The number of nitrogens with one attached hydrogen (secondary N) is 2. The molecule has 0 bridgehead atoms. The van der Waals surface area contributed by atoms with Gasteiger partial charge >= 0.3 is 0 Å². The predicted molar refractivity (Wildman–Crippen MR) is 82.1 cm³/mol. The summed E-state index contributed by atoms with van der Waals surface area (Å²) in [7, 11) is 0. The van der Waals surface area contributed by atoms with Gasteiger partial charge in [0.1, 0.15) is 11.6 Å². The van der Waals surface area contributed by atoms with Gasteiger partial charge in [-0.25, -0.2) is 0 Å². The first-order chi connectivity index (χ1) is 10.1. The quantitative estimate of drug-likeness (QED) is 0.667. The number of carbonyl (C=O) groups excluding carboxylic acids is 1. The number of amides is 1. The molecule has 0 aliphatic carbocycles. The van der Waals surface area contributed by atoms with Crippen LogP contribution in [0.1, 0.15) is 22.5 Å². The minimum absolute atomic E-state index is 0.105. The Morgan fingerprint density at radius 3 is 2.62 bits per heavy atom. The number of nitriles is 1. The maximum atomic E-state index is 12.1. The zero-order valence-electron chi connectivity index (χ0n) is 12.1. The van der Waals surface area contributed by atoms with Crippen molar-refractivity contribution in [3.8, 4) is 6.07 Å². The van der Waals surface area contributed by atoms with Gasteiger partial charge in [-0.15, -0.1) is 0 Å². The van der Waals surface area contributed by atoms with Crippen molar-refractivity contribution in [1.29, 1.82) is 5.26 Å². The number of aromatic nitrogens is 1. The first kappa shape index (κ1) is 14.6. The van der Waals surface area contributed by atoms with Crippen LogP contribution in [0.5, 0.6) is 0 Å². The number of aryl methyl sites for hydroxylation is 2. The van der Waals surface area contributed by atoms with Gasteiger partial charge in [0.25, 0.3) is 5.91 Å². The van der Waals surface area contributed by atoms with E-state index < -0.39 is 0 Å². The van der Waals surface area contributed by atoms with Gasteiger partial charge in [-0.05, 0) is 37.1 Å². The minimum Gasteiger partial charge on any atom is -0.362 e. The fourth-order valence-electron chi connectivity index (χ4n) is 2.07. The van der Waals surface area contributed by atoms with Gasteiger partial charge < -0.3 is 10.3 Å². The van der Waals surface area contributed by atoms with Crippen molar-refractivity contribution >= 4 is 12.0 Å². The molecule has 1 aromatic heterocycles. The summed E-state index contributed by atoms with van der Waals surface area (Å²) in [5.74, 6) is -0.361. The molecule has 0 radical (unpaired) electrons. The van der Waals surface area contributed by atoms with Gasteiger partial charge in [-0.1, -0.05) is 30.3 Å². The summed E-state index contributed by atoms with van der Waals surface area (Å²) in [6, 6.07) is 13.5. The van der Waals surface area contributed by atoms with E-state index in [2.05, 4.69) is 10.3 Å². The normalized spacial score (nSPS) is 11.0. The number of carbonyl (C=O) groups is 1. The molecule has 4 nitrogen and oxygen atoms in total. The Bertz CT molecular complexity index is 705. The fourth-order valence-corrected chi connectivity index (χ4v) is 2.07. The lowest BCUT2D eigenvalue weighted by Gasteiger charge is -2.04. The average Bonchev–Trinajstić information content (AvgIpc) is 2.81. The third kappa shape index (κ3) is 3.83. The lowest BCUT2D eigenvalue weighted by atomic mass is 10.1. The first-order valence-corrected chi connectivity index (χ1v) is 6.70. The van der Waals surface area contributed by atoms with Gasteiger partial charge in [-0.2, -0.15) is 5.26 Å². The third-order valence-corrected chi connectivity index (χ3v) is 3.15. The van der Waals surface area contributed by atoms with Crippen LogP contribution in [0, 0.1) is 25.2 Å². The van der Waals surface area contributed by atoms with Crippen LogP contribution in [0.4, 0.5) is 0 Å². The molecule has 2 N–H and O–H groups in total. The van der Waals surface area contributed by atoms with Gasteiger partial charge in [0.15, 0.2) is 0 Å². The molecule has 1 heterocycles. The Hall–Kier alpha value is -2.80. The van der Waals surface area contributed by atoms with E-state index in [-0.39, 0.29) is 11.5 Å². The molecule has 0 saturated heterocycles. The van der Waals surface area contributed by atoms with Crippen molar-refractivity contribution in [3.05, 3.63) is 64.5 Å². The van der Waals surface area contributed by atoms with E-state index in [1.54, 1.807) is 6.08 Å². The summed E-state index contributed by atoms with van der Waals surface area (Å²) < 4.78 is 0. The van der Waals surface area contributed by atoms with Crippen LogP contribution in [-0.4, -0.2) is 10.9 Å². The number of nitrogens with zero attached hydrogens (tertiary/aromatic N) is 1. The van der Waals surface area contributed by atoms with Crippen molar-refractivity contribution < 1.29 is 4.79 Å². The van der Waals surface area contributed by atoms with E-state index >= 15 is 0 Å². The van der Waals surface area contributed by atoms with E-state index in [4.69, 9.17) is 5.26 Å². The van der Waals surface area contributed by atoms with Crippen LogP contribution in [0.25, 0.3) is 6.08 Å². The highest BCUT2D eigenvalue weighted by Crippen LogP contribution is 2.13. The number of aromatic amines is 1. The van der Waals surface area contributed by atoms with Crippen molar-refractivity contribution in [2.45, 2.75) is 20.4 Å². The summed E-state index contributed by atoms with van der Waals surface area (Å²) in [5, 5.41) is 11.9. The largest absolute Gasteiger partial charge is 0.362 e. The molecule has 4 heteroatoms. The predicted octanol–water partition coefficient (Wildman–Crippen LogP) is 2.85. The maximum absolute atomic E-state index is 12.1. The van der Waals surface area contributed by atoms with E-state index in [1.807, 2.05) is 56.3 Å². The first-order valence-electron chi connectivity index (χ1n) is 6.70. The molecule has 0 spiro atoms. The van der Waals surface area contributed by atoms with Crippen molar-refractivity contribution in [2.24, 2.45) is 0 Å². The van der Waals surface area contributed by atoms with Crippen molar-refractivity contribution in [3.63, 3.8) is 0 Å². The Balaban J connectivity index is 2.09. The summed E-state index contributed by atoms with van der Waals surface area (Å²) in [5.41, 5.74) is 3.90. The second-order valence-corrected chi connectivity index (χ2v) is 4.87. The molecule has 0 saturated carbocycles. The highest BCUT2D eigenvalue weighted by atomic mass is 16.1. The molecule has 0 fully saturated rings. The van der Waals surface area contributed by atoms with Crippen LogP contribution in [0.15, 0.2) is 42.0 Å². The van der Waals surface area contributed by atoms with Gasteiger partial charge in [0.2, 0.25) is 0 Å². The fraction of sp³-hybridized carbons (Fsp3) is 0.176. The Labute approximate surface area is 124 Å². The molecule has 0 atom stereocenters. The summed E-state index contributed by atoms with van der Waals surface area (Å²) in [6.45, 7) is 4.26. The van der Waals surface area contributed by atoms with E-state index in [0.29, 0.717) is 6.54 Å². The molecule has 106 valence electrons. The Kier molecular flexibility index (Phi) is 4.57. The summed E-state index contributed by atoms with van der Waals surface area (Å²) in [4.78, 5) is 15.2. The van der Waals surface area contributed by atoms with Gasteiger partial charge in [0, 0.05) is 17.9 Å². The Morgan fingerprint density at radius 1 is 1.33 bits per heavy atom. The van der Waals surface area contributed by atoms with Crippen molar-refractivity contribution in [2.75, 3.05) is 0 Å². The zero-order chi connectivity index (χ0) is 15.2. The zero-order valence-corrected chi connectivity index (χ0v) is 12.1. The van der Waals surface area contributed by atoms with Crippen LogP contribution in [0.2, 0.25) is 0 Å². The van der Waals surface area contributed by atoms with Gasteiger partial charge in [-0.3, -0.25) is 4.79 Å². The SMILES string of the molecule is Cc1cc(/C=C(\C#N)C(=O)NCc2ccccc2)c(C)[nH]1. The van der Waals surface area contributed by atoms with E-state index in [0.717, 1.165) is 22.5 Å². The number of H-pyrrole nitrogens is 1. The molecule has 1 amide bonds. The summed E-state index contributed by atoms with van der Waals surface area (Å²) >= 11 is 0. The number of rotatable bonds is 4.